The van der Waals surface area contributed by atoms with Gasteiger partial charge in [0.15, 0.2) is 0 Å². The van der Waals surface area contributed by atoms with E-state index in [9.17, 15) is 0 Å². The average Bonchev–Trinajstić information content (AvgIpc) is 2.00. The van der Waals surface area contributed by atoms with Gasteiger partial charge in [-0.15, -0.1) is 0 Å². The van der Waals surface area contributed by atoms with Gasteiger partial charge in [-0.2, -0.15) is 0 Å². The summed E-state index contributed by atoms with van der Waals surface area (Å²) in [5.41, 5.74) is 0.534. The van der Waals surface area contributed by atoms with Gasteiger partial charge in [-0.05, 0) is 11.8 Å². The van der Waals surface area contributed by atoms with Gasteiger partial charge < -0.3 is 14.7 Å². The number of aliphatic hydroxyl groups is 1. The second-order valence-electron chi connectivity index (χ2n) is 4.56. The molecule has 1 heterocycles. The Labute approximate surface area is 80.7 Å². The molecular formula is C10H21NO2. The van der Waals surface area contributed by atoms with Gasteiger partial charge in [0.1, 0.15) is 0 Å². The van der Waals surface area contributed by atoms with E-state index in [1.54, 1.807) is 0 Å². The molecule has 3 heteroatoms. The van der Waals surface area contributed by atoms with E-state index in [0.717, 1.165) is 19.6 Å². The van der Waals surface area contributed by atoms with Crippen LogP contribution in [0.5, 0.6) is 0 Å². The molecular weight excluding hydrogens is 166 g/mol. The summed E-state index contributed by atoms with van der Waals surface area (Å²) in [5, 5.41) is 8.47. The van der Waals surface area contributed by atoms with Crippen molar-refractivity contribution >= 4 is 0 Å². The zero-order chi connectivity index (χ0) is 9.73. The maximum Gasteiger partial charge on any atom is 0.0697 e. The third kappa shape index (κ3) is 4.07. The molecule has 0 atom stereocenters. The molecule has 3 nitrogen and oxygen atoms in total. The third-order valence-corrected chi connectivity index (χ3v) is 2.30. The molecule has 1 fully saturated rings. The molecule has 0 spiro atoms. The van der Waals surface area contributed by atoms with Crippen LogP contribution in [-0.4, -0.2) is 49.5 Å². The van der Waals surface area contributed by atoms with Crippen LogP contribution in [0.3, 0.4) is 0 Å². The molecule has 1 aliphatic rings. The molecule has 0 aromatic carbocycles. The lowest BCUT2D eigenvalue weighted by molar-refractivity contribution is 0.0188. The second-order valence-corrected chi connectivity index (χ2v) is 4.56. The number of rotatable bonds is 6. The zero-order valence-electron chi connectivity index (χ0n) is 8.75. The summed E-state index contributed by atoms with van der Waals surface area (Å²) in [7, 11) is 0. The second kappa shape index (κ2) is 4.94. The zero-order valence-corrected chi connectivity index (χ0v) is 8.75. The molecule has 0 bridgehead atoms. The Kier molecular flexibility index (Phi) is 4.16. The van der Waals surface area contributed by atoms with Crippen LogP contribution in [0, 0.1) is 5.41 Å². The maximum atomic E-state index is 8.47. The minimum absolute atomic E-state index is 0.136. The summed E-state index contributed by atoms with van der Waals surface area (Å²) in [6.45, 7) is 9.55. The minimum Gasteiger partial charge on any atom is -0.394 e. The van der Waals surface area contributed by atoms with Gasteiger partial charge in [0, 0.05) is 26.2 Å². The van der Waals surface area contributed by atoms with Gasteiger partial charge in [-0.25, -0.2) is 0 Å². The fraction of sp³-hybridized carbons (Fsp3) is 1.00. The van der Waals surface area contributed by atoms with E-state index in [-0.39, 0.29) is 6.61 Å². The molecule has 0 unspecified atom stereocenters. The van der Waals surface area contributed by atoms with Gasteiger partial charge in [0.2, 0.25) is 0 Å². The molecule has 78 valence electrons. The van der Waals surface area contributed by atoms with Crippen LogP contribution >= 0.6 is 0 Å². The lowest BCUT2D eigenvalue weighted by Crippen LogP contribution is -2.53. The first-order valence-electron chi connectivity index (χ1n) is 5.05. The fourth-order valence-corrected chi connectivity index (χ4v) is 1.88. The van der Waals surface area contributed by atoms with E-state index in [0.29, 0.717) is 12.0 Å². The molecule has 13 heavy (non-hydrogen) atoms. The van der Waals surface area contributed by atoms with E-state index in [4.69, 9.17) is 9.84 Å². The number of hydrogen-bond acceptors (Lipinski definition) is 3. The highest BCUT2D eigenvalue weighted by Crippen LogP contribution is 2.28. The Hall–Kier alpha value is -0.120. The molecule has 0 saturated carbocycles. The lowest BCUT2D eigenvalue weighted by Gasteiger charge is -2.46. The van der Waals surface area contributed by atoms with Crippen molar-refractivity contribution in [2.75, 3.05) is 39.5 Å². The summed E-state index contributed by atoms with van der Waals surface area (Å²) >= 11 is 0. The number of nitrogens with zero attached hydrogens (tertiary/aromatic N) is 1. The Morgan fingerprint density at radius 3 is 2.54 bits per heavy atom. The van der Waals surface area contributed by atoms with Crippen LogP contribution in [0.4, 0.5) is 0 Å². The summed E-state index contributed by atoms with van der Waals surface area (Å²) < 4.78 is 5.18. The van der Waals surface area contributed by atoms with Gasteiger partial charge >= 0.3 is 0 Å². The van der Waals surface area contributed by atoms with Gasteiger partial charge in [0.25, 0.3) is 0 Å². The molecule has 0 radical (unpaired) electrons. The first kappa shape index (κ1) is 11.0. The van der Waals surface area contributed by atoms with Crippen molar-refractivity contribution in [2.24, 2.45) is 5.41 Å². The smallest absolute Gasteiger partial charge is 0.0697 e. The molecule has 0 amide bonds. The van der Waals surface area contributed by atoms with E-state index in [2.05, 4.69) is 18.7 Å². The quantitative estimate of drug-likeness (QED) is 0.622. The molecule has 1 N–H and O–H groups in total. The van der Waals surface area contributed by atoms with Crippen molar-refractivity contribution in [1.29, 1.82) is 0 Å². The van der Waals surface area contributed by atoms with Crippen molar-refractivity contribution < 1.29 is 9.84 Å². The Morgan fingerprint density at radius 1 is 1.31 bits per heavy atom. The summed E-state index contributed by atoms with van der Waals surface area (Å²) in [6.07, 6.45) is 1.08. The standard InChI is InChI=1S/C10H21NO2/c1-10(2)8-11(9-10)4-3-6-13-7-5-12/h12H,3-9H2,1-2H3. The first-order valence-corrected chi connectivity index (χ1v) is 5.05. The van der Waals surface area contributed by atoms with Crippen molar-refractivity contribution in [3.05, 3.63) is 0 Å². The van der Waals surface area contributed by atoms with Crippen LogP contribution in [0.25, 0.3) is 0 Å². The van der Waals surface area contributed by atoms with Crippen molar-refractivity contribution in [1.82, 2.24) is 4.90 Å². The van der Waals surface area contributed by atoms with Crippen LogP contribution in [0.1, 0.15) is 20.3 Å². The highest BCUT2D eigenvalue weighted by Gasteiger charge is 2.32. The predicted molar refractivity (Wildman–Crippen MR) is 52.7 cm³/mol. The molecule has 0 aromatic heterocycles. The highest BCUT2D eigenvalue weighted by molar-refractivity contribution is 4.86. The fourth-order valence-electron chi connectivity index (χ4n) is 1.88. The van der Waals surface area contributed by atoms with Crippen molar-refractivity contribution in [3.63, 3.8) is 0 Å². The average molecular weight is 187 g/mol. The number of aliphatic hydroxyl groups excluding tert-OH is 1. The Bertz CT molecular complexity index is 140. The van der Waals surface area contributed by atoms with Crippen molar-refractivity contribution in [2.45, 2.75) is 20.3 Å². The Balaban J connectivity index is 1.85. The van der Waals surface area contributed by atoms with Crippen LogP contribution in [0.2, 0.25) is 0 Å². The van der Waals surface area contributed by atoms with Crippen LogP contribution in [-0.2, 0) is 4.74 Å². The third-order valence-electron chi connectivity index (χ3n) is 2.30. The predicted octanol–water partition coefficient (Wildman–Crippen LogP) is 0.727. The number of hydrogen-bond donors (Lipinski definition) is 1. The van der Waals surface area contributed by atoms with Crippen LogP contribution in [0.15, 0.2) is 0 Å². The molecule has 1 rings (SSSR count). The normalized spacial score (nSPS) is 21.5. The van der Waals surface area contributed by atoms with E-state index < -0.39 is 0 Å². The summed E-state index contributed by atoms with van der Waals surface area (Å²) in [6, 6.07) is 0. The minimum atomic E-state index is 0.136. The molecule has 1 aliphatic heterocycles. The molecule has 0 aliphatic carbocycles. The monoisotopic (exact) mass is 187 g/mol. The maximum absolute atomic E-state index is 8.47. The summed E-state index contributed by atoms with van der Waals surface area (Å²) in [5.74, 6) is 0. The van der Waals surface area contributed by atoms with Gasteiger partial charge in [-0.3, -0.25) is 0 Å². The lowest BCUT2D eigenvalue weighted by atomic mass is 9.84. The van der Waals surface area contributed by atoms with E-state index in [1.165, 1.54) is 13.1 Å². The van der Waals surface area contributed by atoms with Crippen molar-refractivity contribution in [3.8, 4) is 0 Å². The first-order chi connectivity index (χ1) is 6.14. The molecule has 1 saturated heterocycles. The van der Waals surface area contributed by atoms with Gasteiger partial charge in [-0.1, -0.05) is 13.8 Å². The number of ether oxygens (including phenoxy) is 1. The summed E-state index contributed by atoms with van der Waals surface area (Å²) in [4.78, 5) is 2.45. The largest absolute Gasteiger partial charge is 0.394 e. The SMILES string of the molecule is CC1(C)CN(CCCOCCO)C1. The van der Waals surface area contributed by atoms with E-state index in [1.807, 2.05) is 0 Å². The number of likely N-dealkylation sites (tertiary alicyclic amines) is 1. The topological polar surface area (TPSA) is 32.7 Å². The van der Waals surface area contributed by atoms with Gasteiger partial charge in [0.05, 0.1) is 13.2 Å². The van der Waals surface area contributed by atoms with Crippen LogP contribution < -0.4 is 0 Å². The Morgan fingerprint density at radius 2 is 2.00 bits per heavy atom. The highest BCUT2D eigenvalue weighted by atomic mass is 16.5. The molecule has 0 aromatic rings. The van der Waals surface area contributed by atoms with E-state index >= 15 is 0 Å².